The van der Waals surface area contributed by atoms with Crippen LogP contribution in [-0.4, -0.2) is 71.5 Å². The average Bonchev–Trinajstić information content (AvgIpc) is 3.79. The molecular weight excluding hydrogens is 817 g/mol. The number of benzene rings is 2. The summed E-state index contributed by atoms with van der Waals surface area (Å²) in [6.07, 6.45) is 10.7. The summed E-state index contributed by atoms with van der Waals surface area (Å²) in [5.41, 5.74) is 5.08. The number of aliphatic hydroxyl groups excluding tert-OH is 1. The van der Waals surface area contributed by atoms with Gasteiger partial charge in [0.05, 0.1) is 17.8 Å². The van der Waals surface area contributed by atoms with Gasteiger partial charge in [-0.05, 0) is 93.5 Å². The molecule has 0 saturated heterocycles. The molecule has 0 fully saturated rings. The summed E-state index contributed by atoms with van der Waals surface area (Å²) < 4.78 is 20.9. The number of nitrogens with one attached hydrogen (secondary N) is 2. The molecule has 0 bridgehead atoms. The second-order valence-electron chi connectivity index (χ2n) is 15.4. The molecule has 3 atom stereocenters. The molecule has 3 N–H and O–H groups in total. The number of hydrogen-bond acceptors (Lipinski definition) is 7. The molecule has 1 aliphatic heterocycles. The standard InChI is InChI=1S/C30H28ClFN4O3.C14H29NO.C3H8O.2C2H6/c1-16-24(33-28(37)22-15-35(3)17(2)36(4)30(22)38)13-12-23(32)26(16)21-11-7-10-20(27(21)31)25-14-18-8-6-9-19(18)29(34-25)39-5;1-6-11(4)9-10-13(8-3)15-14(16)12(5)7-2;1-2-3-4;2*1-2/h7,10-15H,2,6,8-9H2,1,3-5H3,(H,33,37);11-13H,6-10H2,1-5H3,(H,15,16);4H,2-3H2,1H3;2*1-2H3. The fourth-order valence-corrected chi connectivity index (χ4v) is 7.04. The number of ether oxygens (including phenoxy) is 1. The first-order chi connectivity index (χ1) is 30.1. The Morgan fingerprint density at radius 3 is 2.19 bits per heavy atom. The van der Waals surface area contributed by atoms with Crippen molar-refractivity contribution in [2.75, 3.05) is 33.1 Å². The van der Waals surface area contributed by atoms with Crippen molar-refractivity contribution in [3.63, 3.8) is 0 Å². The van der Waals surface area contributed by atoms with Crippen molar-refractivity contribution in [2.45, 2.75) is 140 Å². The molecule has 63 heavy (non-hydrogen) atoms. The molecule has 3 unspecified atom stereocenters. The highest BCUT2D eigenvalue weighted by molar-refractivity contribution is 6.36. The summed E-state index contributed by atoms with van der Waals surface area (Å²) in [7, 11) is 4.84. The van der Waals surface area contributed by atoms with E-state index < -0.39 is 17.6 Å². The summed E-state index contributed by atoms with van der Waals surface area (Å²) in [6.45, 7) is 26.5. The lowest BCUT2D eigenvalue weighted by Crippen LogP contribution is -2.41. The molecule has 2 heterocycles. The molecule has 0 spiro atoms. The quantitative estimate of drug-likeness (QED) is 0.138. The van der Waals surface area contributed by atoms with Crippen LogP contribution in [0.15, 0.2) is 60.6 Å². The van der Waals surface area contributed by atoms with Crippen molar-refractivity contribution in [1.82, 2.24) is 20.1 Å². The number of amides is 3. The van der Waals surface area contributed by atoms with Crippen LogP contribution in [0.1, 0.15) is 131 Å². The molecule has 3 aromatic rings. The number of fused-ring (bicyclic) bond motifs is 1. The molecule has 2 aromatic carbocycles. The number of aliphatic hydroxyl groups is 1. The van der Waals surface area contributed by atoms with Gasteiger partial charge in [-0.25, -0.2) is 9.37 Å². The Hall–Kier alpha value is -4.74. The zero-order valence-electron chi connectivity index (χ0n) is 40.7. The molecular formula is C51H77ClFN5O5. The Morgan fingerprint density at radius 2 is 1.62 bits per heavy atom. The fourth-order valence-electron chi connectivity index (χ4n) is 6.72. The van der Waals surface area contributed by atoms with Crippen LogP contribution in [0.2, 0.25) is 5.02 Å². The zero-order valence-corrected chi connectivity index (χ0v) is 41.5. The van der Waals surface area contributed by atoms with Crippen molar-refractivity contribution >= 4 is 35.0 Å². The van der Waals surface area contributed by atoms with E-state index in [9.17, 15) is 14.4 Å². The van der Waals surface area contributed by atoms with Crippen molar-refractivity contribution < 1.29 is 28.6 Å². The summed E-state index contributed by atoms with van der Waals surface area (Å²) in [4.78, 5) is 45.1. The first-order valence-electron chi connectivity index (χ1n) is 22.9. The number of hydrogen-bond donors (Lipinski definition) is 3. The van der Waals surface area contributed by atoms with E-state index in [1.54, 1.807) is 45.2 Å². The fraction of sp³-hybridized carbons (Fsp3) is 0.529. The van der Waals surface area contributed by atoms with Crippen LogP contribution in [0.5, 0.6) is 5.88 Å². The van der Waals surface area contributed by atoms with E-state index in [-0.39, 0.29) is 23.0 Å². The maximum Gasteiger partial charge on any atom is 0.266 e. The van der Waals surface area contributed by atoms with Gasteiger partial charge in [-0.1, -0.05) is 112 Å². The lowest BCUT2D eigenvalue weighted by atomic mass is 9.95. The number of anilines is 1. The first kappa shape index (κ1) is 56.3. The number of aryl methyl sites for hydroxylation is 1. The Bertz CT molecular complexity index is 1980. The van der Waals surface area contributed by atoms with Gasteiger partial charge in [0.25, 0.3) is 11.8 Å². The molecule has 3 amide bonds. The van der Waals surface area contributed by atoms with E-state index in [4.69, 9.17) is 26.4 Å². The SMILES string of the molecule is C=C1N(C)C=C(C(=O)Nc2ccc(F)c(-c3cccc(-c4cc5c(c(OC)n4)CCC5)c3Cl)c2C)C(=O)N1C.CC.CC.CCC(C)CCC(CC)NC(=O)C(C)CC.CCCO. The molecule has 5 rings (SSSR count). The third-order valence-corrected chi connectivity index (χ3v) is 11.6. The normalized spacial score (nSPS) is 14.1. The highest BCUT2D eigenvalue weighted by Gasteiger charge is 2.30. The monoisotopic (exact) mass is 894 g/mol. The number of carbonyl (C=O) groups is 3. The number of nitrogens with zero attached hydrogens (tertiary/aromatic N) is 3. The highest BCUT2D eigenvalue weighted by Crippen LogP contribution is 2.42. The molecule has 0 radical (unpaired) electrons. The summed E-state index contributed by atoms with van der Waals surface area (Å²) in [6, 6.07) is 10.5. The van der Waals surface area contributed by atoms with Crippen LogP contribution in [0.25, 0.3) is 22.4 Å². The number of halogens is 2. The Morgan fingerprint density at radius 1 is 0.984 bits per heavy atom. The first-order valence-corrected chi connectivity index (χ1v) is 23.3. The van der Waals surface area contributed by atoms with Crippen molar-refractivity contribution in [3.8, 4) is 28.3 Å². The molecule has 12 heteroatoms. The van der Waals surface area contributed by atoms with Gasteiger partial charge in [-0.15, -0.1) is 0 Å². The van der Waals surface area contributed by atoms with Gasteiger partial charge < -0.3 is 25.4 Å². The summed E-state index contributed by atoms with van der Waals surface area (Å²) in [5, 5.41) is 14.1. The number of likely N-dealkylation sites (N-methyl/N-ethyl adjacent to an activating group) is 1. The predicted octanol–water partition coefficient (Wildman–Crippen LogP) is 11.9. The number of carbonyl (C=O) groups excluding carboxylic acids is 3. The van der Waals surface area contributed by atoms with Crippen molar-refractivity contribution in [2.24, 2.45) is 11.8 Å². The van der Waals surface area contributed by atoms with Gasteiger partial charge in [0.15, 0.2) is 0 Å². The second kappa shape index (κ2) is 28.8. The predicted molar refractivity (Wildman–Crippen MR) is 260 cm³/mol. The van der Waals surface area contributed by atoms with E-state index in [1.807, 2.05) is 53.7 Å². The Balaban J connectivity index is 0.000000691. The third kappa shape index (κ3) is 15.5. The molecule has 0 saturated carbocycles. The minimum atomic E-state index is -0.610. The van der Waals surface area contributed by atoms with Crippen molar-refractivity contribution in [3.05, 3.63) is 88.1 Å². The largest absolute Gasteiger partial charge is 0.481 e. The summed E-state index contributed by atoms with van der Waals surface area (Å²) >= 11 is 6.91. The van der Waals surface area contributed by atoms with Crippen LogP contribution < -0.4 is 15.4 Å². The van der Waals surface area contributed by atoms with Crippen LogP contribution in [0.3, 0.4) is 0 Å². The topological polar surface area (TPSA) is 124 Å². The minimum Gasteiger partial charge on any atom is -0.481 e. The highest BCUT2D eigenvalue weighted by atomic mass is 35.5. The number of methoxy groups -OCH3 is 1. The third-order valence-electron chi connectivity index (χ3n) is 11.2. The molecule has 10 nitrogen and oxygen atoms in total. The lowest BCUT2D eigenvalue weighted by molar-refractivity contribution is -0.128. The Kier molecular flexibility index (Phi) is 25.8. The molecule has 350 valence electrons. The van der Waals surface area contributed by atoms with E-state index in [1.165, 1.54) is 41.6 Å². The zero-order chi connectivity index (χ0) is 48.0. The Labute approximate surface area is 383 Å². The molecule has 2 aliphatic rings. The average molecular weight is 895 g/mol. The van der Waals surface area contributed by atoms with Gasteiger partial charge in [0, 0.05) is 66.8 Å². The van der Waals surface area contributed by atoms with Gasteiger partial charge in [0.1, 0.15) is 17.2 Å². The number of rotatable bonds is 14. The number of aromatic nitrogens is 1. The van der Waals surface area contributed by atoms with Crippen LogP contribution in [0.4, 0.5) is 10.1 Å². The van der Waals surface area contributed by atoms with E-state index >= 15 is 4.39 Å². The lowest BCUT2D eigenvalue weighted by Gasteiger charge is -2.31. The molecule has 1 aliphatic carbocycles. The number of pyridine rings is 1. The van der Waals surface area contributed by atoms with E-state index in [0.717, 1.165) is 56.4 Å². The minimum absolute atomic E-state index is 0.0608. The van der Waals surface area contributed by atoms with E-state index in [2.05, 4.69) is 44.9 Å². The van der Waals surface area contributed by atoms with Gasteiger partial charge >= 0.3 is 0 Å². The van der Waals surface area contributed by atoms with Gasteiger partial charge in [-0.2, -0.15) is 0 Å². The van der Waals surface area contributed by atoms with Crippen molar-refractivity contribution in [1.29, 1.82) is 0 Å². The van der Waals surface area contributed by atoms with E-state index in [0.29, 0.717) is 57.4 Å². The van der Waals surface area contributed by atoms with Crippen LogP contribution in [-0.2, 0) is 27.2 Å². The second-order valence-corrected chi connectivity index (χ2v) is 15.8. The maximum atomic E-state index is 15.3. The van der Waals surface area contributed by atoms with Gasteiger partial charge in [0.2, 0.25) is 11.8 Å². The smallest absolute Gasteiger partial charge is 0.266 e. The summed E-state index contributed by atoms with van der Waals surface area (Å²) in [5.74, 6) is 0.588. The van der Waals surface area contributed by atoms with Crippen LogP contribution in [0, 0.1) is 24.6 Å². The molecule has 1 aromatic heterocycles. The van der Waals surface area contributed by atoms with Crippen LogP contribution >= 0.6 is 11.6 Å². The van der Waals surface area contributed by atoms with Gasteiger partial charge in [-0.3, -0.25) is 19.3 Å². The maximum absolute atomic E-state index is 15.3.